The smallest absolute Gasteiger partial charge is 0.191 e. The van der Waals surface area contributed by atoms with Crippen LogP contribution in [0.3, 0.4) is 0 Å². The number of benzene rings is 1. The van der Waals surface area contributed by atoms with Crippen LogP contribution in [0.1, 0.15) is 50.2 Å². The van der Waals surface area contributed by atoms with E-state index in [1.165, 1.54) is 69.4 Å². The van der Waals surface area contributed by atoms with E-state index in [2.05, 4.69) is 65.6 Å². The second-order valence-electron chi connectivity index (χ2n) is 8.61. The minimum atomic E-state index is 0. The standard InChI is InChI=1S/C23H39N5.HI/c1-4-24-22(25-18-21-10-8-20(2)9-11-21)26-19-23(12-16-27(3)17-13-23)28-14-6-5-7-15-28;/h8-11H,4-7,12-19H2,1-3H3,(H2,24,25,26);1H. The van der Waals surface area contributed by atoms with Gasteiger partial charge in [0, 0.05) is 18.6 Å². The lowest BCUT2D eigenvalue weighted by molar-refractivity contribution is 0.0173. The van der Waals surface area contributed by atoms with Gasteiger partial charge in [0.15, 0.2) is 5.96 Å². The van der Waals surface area contributed by atoms with Gasteiger partial charge < -0.3 is 15.5 Å². The molecule has 2 aliphatic rings. The number of aliphatic imine (C=N–C) groups is 1. The van der Waals surface area contributed by atoms with E-state index in [1.807, 2.05) is 0 Å². The van der Waals surface area contributed by atoms with Gasteiger partial charge in [0.05, 0.1) is 6.54 Å². The number of aryl methyl sites for hydroxylation is 1. The van der Waals surface area contributed by atoms with Crippen LogP contribution in [0.25, 0.3) is 0 Å². The summed E-state index contributed by atoms with van der Waals surface area (Å²) in [4.78, 5) is 10.1. The lowest BCUT2D eigenvalue weighted by Gasteiger charge is -2.50. The summed E-state index contributed by atoms with van der Waals surface area (Å²) < 4.78 is 0. The monoisotopic (exact) mass is 513 g/mol. The number of likely N-dealkylation sites (tertiary alicyclic amines) is 2. The van der Waals surface area contributed by atoms with Crippen molar-refractivity contribution >= 4 is 29.9 Å². The van der Waals surface area contributed by atoms with Gasteiger partial charge in [0.1, 0.15) is 0 Å². The molecule has 0 aliphatic carbocycles. The summed E-state index contributed by atoms with van der Waals surface area (Å²) >= 11 is 0. The maximum atomic E-state index is 4.85. The first-order valence-electron chi connectivity index (χ1n) is 11.1. The molecule has 164 valence electrons. The fourth-order valence-electron chi connectivity index (χ4n) is 4.46. The van der Waals surface area contributed by atoms with Gasteiger partial charge in [0.25, 0.3) is 0 Å². The molecule has 2 N–H and O–H groups in total. The molecule has 1 aromatic carbocycles. The second-order valence-corrected chi connectivity index (χ2v) is 8.61. The molecule has 6 heteroatoms. The predicted octanol–water partition coefficient (Wildman–Crippen LogP) is 3.62. The van der Waals surface area contributed by atoms with Gasteiger partial charge in [-0.2, -0.15) is 0 Å². The third kappa shape index (κ3) is 7.10. The fourth-order valence-corrected chi connectivity index (χ4v) is 4.46. The van der Waals surface area contributed by atoms with E-state index in [0.717, 1.165) is 25.6 Å². The second kappa shape index (κ2) is 12.1. The zero-order valence-corrected chi connectivity index (χ0v) is 20.9. The van der Waals surface area contributed by atoms with E-state index in [4.69, 9.17) is 4.99 Å². The van der Waals surface area contributed by atoms with E-state index < -0.39 is 0 Å². The summed E-state index contributed by atoms with van der Waals surface area (Å²) in [7, 11) is 2.25. The van der Waals surface area contributed by atoms with E-state index in [9.17, 15) is 0 Å². The van der Waals surface area contributed by atoms with Gasteiger partial charge in [-0.1, -0.05) is 36.2 Å². The lowest BCUT2D eigenvalue weighted by atomic mass is 9.84. The summed E-state index contributed by atoms with van der Waals surface area (Å²) in [6.07, 6.45) is 6.57. The molecular formula is C23H40IN5. The van der Waals surface area contributed by atoms with E-state index in [-0.39, 0.29) is 29.5 Å². The summed E-state index contributed by atoms with van der Waals surface area (Å²) in [6.45, 7) is 11.7. The molecule has 1 aromatic rings. The van der Waals surface area contributed by atoms with Crippen LogP contribution in [0, 0.1) is 6.92 Å². The zero-order valence-electron chi connectivity index (χ0n) is 18.5. The molecule has 2 fully saturated rings. The molecule has 0 radical (unpaired) electrons. The van der Waals surface area contributed by atoms with E-state index in [0.29, 0.717) is 0 Å². The van der Waals surface area contributed by atoms with E-state index >= 15 is 0 Å². The van der Waals surface area contributed by atoms with Crippen LogP contribution in [0.4, 0.5) is 0 Å². The van der Waals surface area contributed by atoms with Crippen LogP contribution < -0.4 is 10.6 Å². The van der Waals surface area contributed by atoms with Crippen LogP contribution in [-0.4, -0.2) is 67.6 Å². The first-order valence-corrected chi connectivity index (χ1v) is 11.1. The first kappa shape index (κ1) is 24.4. The average Bonchev–Trinajstić information content (AvgIpc) is 2.73. The molecule has 0 saturated carbocycles. The van der Waals surface area contributed by atoms with Gasteiger partial charge in [-0.05, 0) is 78.3 Å². The molecule has 0 aromatic heterocycles. The van der Waals surface area contributed by atoms with Crippen LogP contribution in [-0.2, 0) is 6.54 Å². The van der Waals surface area contributed by atoms with Crippen molar-refractivity contribution in [1.29, 1.82) is 0 Å². The number of nitrogens with zero attached hydrogens (tertiary/aromatic N) is 3. The minimum Gasteiger partial charge on any atom is -0.357 e. The Morgan fingerprint density at radius 1 is 1.00 bits per heavy atom. The summed E-state index contributed by atoms with van der Waals surface area (Å²) in [5.41, 5.74) is 2.82. The molecule has 0 amide bonds. The Kier molecular flexibility index (Phi) is 10.2. The van der Waals surface area contributed by atoms with E-state index in [1.54, 1.807) is 0 Å². The molecule has 2 aliphatic heterocycles. The number of hydrogen-bond donors (Lipinski definition) is 2. The van der Waals surface area contributed by atoms with Crippen molar-refractivity contribution in [1.82, 2.24) is 20.4 Å². The number of rotatable bonds is 6. The Morgan fingerprint density at radius 3 is 2.28 bits per heavy atom. The molecule has 3 rings (SSSR count). The Bertz CT molecular complexity index is 617. The molecule has 5 nitrogen and oxygen atoms in total. The number of guanidine groups is 1. The number of nitrogens with one attached hydrogen (secondary N) is 2. The topological polar surface area (TPSA) is 42.9 Å². The van der Waals surface area contributed by atoms with Crippen molar-refractivity contribution in [3.05, 3.63) is 35.4 Å². The highest BCUT2D eigenvalue weighted by atomic mass is 127. The zero-order chi connectivity index (χ0) is 19.8. The van der Waals surface area contributed by atoms with Gasteiger partial charge in [-0.25, -0.2) is 4.99 Å². The van der Waals surface area contributed by atoms with Gasteiger partial charge in [-0.15, -0.1) is 24.0 Å². The maximum Gasteiger partial charge on any atom is 0.191 e. The molecule has 0 unspecified atom stereocenters. The molecule has 2 saturated heterocycles. The highest BCUT2D eigenvalue weighted by molar-refractivity contribution is 14.0. The van der Waals surface area contributed by atoms with Crippen LogP contribution in [0.15, 0.2) is 29.3 Å². The third-order valence-electron chi connectivity index (χ3n) is 6.41. The molecule has 0 atom stereocenters. The van der Waals surface area contributed by atoms with Crippen LogP contribution in [0.2, 0.25) is 0 Å². The van der Waals surface area contributed by atoms with Crippen molar-refractivity contribution in [3.8, 4) is 0 Å². The Morgan fingerprint density at radius 2 is 1.66 bits per heavy atom. The third-order valence-corrected chi connectivity index (χ3v) is 6.41. The number of piperidine rings is 2. The van der Waals surface area contributed by atoms with Crippen molar-refractivity contribution in [2.45, 2.75) is 58.0 Å². The van der Waals surface area contributed by atoms with Crippen molar-refractivity contribution in [2.75, 3.05) is 46.3 Å². The number of halogens is 1. The molecule has 0 spiro atoms. The van der Waals surface area contributed by atoms with Gasteiger partial charge in [-0.3, -0.25) is 4.90 Å². The SMILES string of the molecule is CCNC(=NCc1ccc(C)cc1)NCC1(N2CCCCC2)CCN(C)CC1.I. The van der Waals surface area contributed by atoms with Crippen LogP contribution >= 0.6 is 24.0 Å². The predicted molar refractivity (Wildman–Crippen MR) is 134 cm³/mol. The van der Waals surface area contributed by atoms with Crippen molar-refractivity contribution < 1.29 is 0 Å². The Balaban J connectivity index is 0.00000300. The Hall–Kier alpha value is -0.860. The van der Waals surface area contributed by atoms with Gasteiger partial charge >= 0.3 is 0 Å². The normalized spacial score (nSPS) is 20.7. The highest BCUT2D eigenvalue weighted by Gasteiger charge is 2.39. The lowest BCUT2D eigenvalue weighted by Crippen LogP contribution is -2.62. The van der Waals surface area contributed by atoms with Crippen molar-refractivity contribution in [3.63, 3.8) is 0 Å². The van der Waals surface area contributed by atoms with Crippen LogP contribution in [0.5, 0.6) is 0 Å². The summed E-state index contributed by atoms with van der Waals surface area (Å²) in [6, 6.07) is 8.67. The average molecular weight is 514 g/mol. The highest BCUT2D eigenvalue weighted by Crippen LogP contribution is 2.30. The number of hydrogen-bond acceptors (Lipinski definition) is 3. The maximum absolute atomic E-state index is 4.85. The Labute approximate surface area is 194 Å². The molecular weight excluding hydrogens is 473 g/mol. The molecule has 0 bridgehead atoms. The summed E-state index contributed by atoms with van der Waals surface area (Å²) in [5, 5.41) is 7.15. The molecule has 2 heterocycles. The largest absolute Gasteiger partial charge is 0.357 e. The fraction of sp³-hybridized carbons (Fsp3) is 0.696. The molecule has 29 heavy (non-hydrogen) atoms. The first-order chi connectivity index (χ1) is 13.6. The van der Waals surface area contributed by atoms with Crippen molar-refractivity contribution in [2.24, 2.45) is 4.99 Å². The minimum absolute atomic E-state index is 0. The van der Waals surface area contributed by atoms with Gasteiger partial charge in [0.2, 0.25) is 0 Å². The quantitative estimate of drug-likeness (QED) is 0.347. The summed E-state index contributed by atoms with van der Waals surface area (Å²) in [5.74, 6) is 0.943.